The SMILES string of the molecule is CC(O)N1C(C)(C)CC(OC(=O)CCC(=O)O)CC1(C)C. The van der Waals surface area contributed by atoms with E-state index in [9.17, 15) is 14.7 Å². The minimum atomic E-state index is -1.00. The van der Waals surface area contributed by atoms with Crippen LogP contribution in [0.1, 0.15) is 60.3 Å². The Hall–Kier alpha value is -1.14. The Kier molecular flexibility index (Phi) is 5.39. The highest BCUT2D eigenvalue weighted by Crippen LogP contribution is 2.40. The van der Waals surface area contributed by atoms with E-state index >= 15 is 0 Å². The molecule has 0 saturated carbocycles. The Morgan fingerprint density at radius 1 is 1.19 bits per heavy atom. The van der Waals surface area contributed by atoms with E-state index in [0.717, 1.165) is 0 Å². The summed E-state index contributed by atoms with van der Waals surface area (Å²) < 4.78 is 5.43. The lowest BCUT2D eigenvalue weighted by Gasteiger charge is -2.56. The number of ether oxygens (including phenoxy) is 1. The predicted molar refractivity (Wildman–Crippen MR) is 77.7 cm³/mol. The van der Waals surface area contributed by atoms with Crippen LogP contribution in [0.2, 0.25) is 0 Å². The van der Waals surface area contributed by atoms with E-state index in [2.05, 4.69) is 0 Å². The number of aliphatic hydroxyl groups is 1. The molecule has 122 valence electrons. The average molecular weight is 301 g/mol. The number of aliphatic hydroxyl groups excluding tert-OH is 1. The van der Waals surface area contributed by atoms with Gasteiger partial charge in [-0.2, -0.15) is 0 Å². The van der Waals surface area contributed by atoms with Crippen LogP contribution in [0.25, 0.3) is 0 Å². The molecular weight excluding hydrogens is 274 g/mol. The number of hydrogen-bond acceptors (Lipinski definition) is 5. The van der Waals surface area contributed by atoms with Gasteiger partial charge in [-0.15, -0.1) is 0 Å². The second-order valence-corrected chi connectivity index (χ2v) is 7.04. The standard InChI is InChI=1S/C15H27NO5/c1-10(17)16-14(2,3)8-11(9-15(16,4)5)21-13(20)7-6-12(18)19/h10-11,17H,6-9H2,1-5H3,(H,18,19). The first kappa shape index (κ1) is 17.9. The van der Waals surface area contributed by atoms with Gasteiger partial charge in [0.1, 0.15) is 12.3 Å². The van der Waals surface area contributed by atoms with Crippen molar-refractivity contribution in [3.8, 4) is 0 Å². The third kappa shape index (κ3) is 4.68. The summed E-state index contributed by atoms with van der Waals surface area (Å²) in [6.07, 6.45) is 0.0653. The Balaban J connectivity index is 2.73. The summed E-state index contributed by atoms with van der Waals surface area (Å²) in [6, 6.07) is 0. The molecule has 0 amide bonds. The molecule has 0 spiro atoms. The number of rotatable bonds is 5. The van der Waals surface area contributed by atoms with Crippen molar-refractivity contribution in [3.05, 3.63) is 0 Å². The number of likely N-dealkylation sites (tertiary alicyclic amines) is 1. The van der Waals surface area contributed by atoms with E-state index < -0.39 is 18.2 Å². The maximum absolute atomic E-state index is 11.7. The average Bonchev–Trinajstić information content (AvgIpc) is 2.21. The van der Waals surface area contributed by atoms with E-state index in [1.54, 1.807) is 6.92 Å². The molecular formula is C15H27NO5. The van der Waals surface area contributed by atoms with Gasteiger partial charge in [0.05, 0.1) is 12.8 Å². The van der Waals surface area contributed by atoms with Gasteiger partial charge in [0.25, 0.3) is 0 Å². The van der Waals surface area contributed by atoms with E-state index in [4.69, 9.17) is 9.84 Å². The van der Waals surface area contributed by atoms with Crippen LogP contribution >= 0.6 is 0 Å². The number of esters is 1. The summed E-state index contributed by atoms with van der Waals surface area (Å²) in [5, 5.41) is 18.6. The molecule has 0 radical (unpaired) electrons. The minimum Gasteiger partial charge on any atom is -0.481 e. The summed E-state index contributed by atoms with van der Waals surface area (Å²) >= 11 is 0. The molecule has 21 heavy (non-hydrogen) atoms. The van der Waals surface area contributed by atoms with Crippen molar-refractivity contribution in [3.63, 3.8) is 0 Å². The molecule has 2 N–H and O–H groups in total. The number of carboxylic acid groups (broad SMARTS) is 1. The first-order valence-electron chi connectivity index (χ1n) is 7.34. The molecule has 1 atom stereocenters. The first-order valence-corrected chi connectivity index (χ1v) is 7.34. The summed E-state index contributed by atoms with van der Waals surface area (Å²) in [7, 11) is 0. The zero-order valence-electron chi connectivity index (χ0n) is 13.5. The van der Waals surface area contributed by atoms with Gasteiger partial charge < -0.3 is 14.9 Å². The first-order chi connectivity index (χ1) is 9.45. The Labute approximate surface area is 126 Å². The van der Waals surface area contributed by atoms with Crippen molar-refractivity contribution in [2.45, 2.75) is 83.7 Å². The number of carbonyl (C=O) groups is 2. The fourth-order valence-electron chi connectivity index (χ4n) is 3.75. The molecule has 1 aliphatic heterocycles. The number of carbonyl (C=O) groups excluding carboxylic acids is 1. The van der Waals surface area contributed by atoms with Gasteiger partial charge >= 0.3 is 11.9 Å². The largest absolute Gasteiger partial charge is 0.481 e. The monoisotopic (exact) mass is 301 g/mol. The summed E-state index contributed by atoms with van der Waals surface area (Å²) in [5.41, 5.74) is -0.624. The van der Waals surface area contributed by atoms with E-state index in [0.29, 0.717) is 12.8 Å². The third-order valence-corrected chi connectivity index (χ3v) is 3.97. The van der Waals surface area contributed by atoms with Gasteiger partial charge in [0.15, 0.2) is 0 Å². The van der Waals surface area contributed by atoms with Gasteiger partial charge in [0.2, 0.25) is 0 Å². The van der Waals surface area contributed by atoms with Gasteiger partial charge in [-0.3, -0.25) is 14.5 Å². The van der Waals surface area contributed by atoms with Crippen molar-refractivity contribution in [2.75, 3.05) is 0 Å². The van der Waals surface area contributed by atoms with Crippen LogP contribution < -0.4 is 0 Å². The van der Waals surface area contributed by atoms with Gasteiger partial charge in [-0.05, 0) is 34.6 Å². The van der Waals surface area contributed by atoms with Crippen LogP contribution in [-0.2, 0) is 14.3 Å². The second-order valence-electron chi connectivity index (χ2n) is 7.04. The molecule has 1 saturated heterocycles. The van der Waals surface area contributed by atoms with Crippen molar-refractivity contribution in [2.24, 2.45) is 0 Å². The smallest absolute Gasteiger partial charge is 0.306 e. The fraction of sp³-hybridized carbons (Fsp3) is 0.867. The highest BCUT2D eigenvalue weighted by Gasteiger charge is 2.48. The van der Waals surface area contributed by atoms with Crippen LogP contribution in [0.5, 0.6) is 0 Å². The zero-order valence-corrected chi connectivity index (χ0v) is 13.5. The Morgan fingerprint density at radius 2 is 1.67 bits per heavy atom. The molecule has 1 rings (SSSR count). The van der Waals surface area contributed by atoms with Crippen LogP contribution in [0.3, 0.4) is 0 Å². The zero-order chi connectivity index (χ0) is 16.4. The van der Waals surface area contributed by atoms with Crippen molar-refractivity contribution in [1.29, 1.82) is 0 Å². The summed E-state index contributed by atoms with van der Waals surface area (Å²) in [6.45, 7) is 9.79. The molecule has 0 bridgehead atoms. The van der Waals surface area contributed by atoms with Gasteiger partial charge in [-0.25, -0.2) is 0 Å². The fourth-order valence-corrected chi connectivity index (χ4v) is 3.75. The van der Waals surface area contributed by atoms with Gasteiger partial charge in [-0.1, -0.05) is 0 Å². The maximum atomic E-state index is 11.7. The molecule has 0 aliphatic carbocycles. The molecule has 0 aromatic rings. The molecule has 6 nitrogen and oxygen atoms in total. The predicted octanol–water partition coefficient (Wildman–Crippen LogP) is 1.75. The molecule has 1 heterocycles. The highest BCUT2D eigenvalue weighted by atomic mass is 16.5. The normalized spacial score (nSPS) is 23.5. The quantitative estimate of drug-likeness (QED) is 0.752. The maximum Gasteiger partial charge on any atom is 0.306 e. The number of carboxylic acids is 1. The van der Waals surface area contributed by atoms with Crippen molar-refractivity contribution < 1.29 is 24.5 Å². The van der Waals surface area contributed by atoms with Crippen molar-refractivity contribution >= 4 is 11.9 Å². The molecule has 1 unspecified atom stereocenters. The van der Waals surface area contributed by atoms with Crippen LogP contribution in [0.4, 0.5) is 0 Å². The summed E-state index contributed by atoms with van der Waals surface area (Å²) in [5.74, 6) is -1.48. The van der Waals surface area contributed by atoms with Crippen LogP contribution in [0, 0.1) is 0 Å². The molecule has 1 fully saturated rings. The number of hydrogen-bond donors (Lipinski definition) is 2. The molecule has 0 aromatic carbocycles. The minimum absolute atomic E-state index is 0.104. The lowest BCUT2D eigenvalue weighted by molar-refractivity contribution is -0.178. The number of aliphatic carboxylic acids is 1. The number of nitrogens with zero attached hydrogens (tertiary/aromatic N) is 1. The van der Waals surface area contributed by atoms with Gasteiger partial charge in [0, 0.05) is 23.9 Å². The third-order valence-electron chi connectivity index (χ3n) is 3.97. The Morgan fingerprint density at radius 3 is 2.05 bits per heavy atom. The lowest BCUT2D eigenvalue weighted by atomic mass is 9.78. The van der Waals surface area contributed by atoms with E-state index in [-0.39, 0.29) is 30.0 Å². The molecule has 6 heteroatoms. The molecule has 0 aromatic heterocycles. The summed E-state index contributed by atoms with van der Waals surface area (Å²) in [4.78, 5) is 24.2. The van der Waals surface area contributed by atoms with Crippen LogP contribution in [0.15, 0.2) is 0 Å². The van der Waals surface area contributed by atoms with Crippen molar-refractivity contribution in [1.82, 2.24) is 4.90 Å². The van der Waals surface area contributed by atoms with Crippen LogP contribution in [-0.4, -0.2) is 50.5 Å². The number of piperidine rings is 1. The highest BCUT2D eigenvalue weighted by molar-refractivity contribution is 5.76. The van der Waals surface area contributed by atoms with E-state index in [1.165, 1.54) is 0 Å². The second kappa shape index (κ2) is 6.32. The molecule has 1 aliphatic rings. The Bertz CT molecular complexity index is 385. The lowest BCUT2D eigenvalue weighted by Crippen LogP contribution is -2.65. The topological polar surface area (TPSA) is 87.1 Å². The van der Waals surface area contributed by atoms with E-state index in [1.807, 2.05) is 32.6 Å².